The molecule has 0 aromatic heterocycles. The van der Waals surface area contributed by atoms with E-state index in [4.69, 9.17) is 10.2 Å². The molecule has 1 aliphatic heterocycles. The maximum absolute atomic E-state index is 8.90. The normalized spacial score (nSPS) is 26.2. The fourth-order valence-electron chi connectivity index (χ4n) is 0.543. The maximum Gasteiger partial charge on any atom is 0.206 e. The van der Waals surface area contributed by atoms with Crippen LogP contribution in [-0.4, -0.2) is 22.8 Å². The zero-order valence-electron chi connectivity index (χ0n) is 5.00. The highest BCUT2D eigenvalue weighted by molar-refractivity contribution is 5.59. The fourth-order valence-corrected chi connectivity index (χ4v) is 0.543. The van der Waals surface area contributed by atoms with Crippen molar-refractivity contribution in [2.45, 2.75) is 13.2 Å². The van der Waals surface area contributed by atoms with Gasteiger partial charge >= 0.3 is 0 Å². The molecule has 0 bridgehead atoms. The SMILES string of the molecule is CC1=C(O)C(O)N=CN1. The van der Waals surface area contributed by atoms with Gasteiger partial charge in [-0.05, 0) is 6.92 Å². The van der Waals surface area contributed by atoms with E-state index in [1.807, 2.05) is 0 Å². The zero-order chi connectivity index (χ0) is 6.85. The lowest BCUT2D eigenvalue weighted by Crippen LogP contribution is -2.23. The molecule has 3 N–H and O–H groups in total. The second-order valence-electron chi connectivity index (χ2n) is 1.81. The minimum absolute atomic E-state index is 0.113. The summed E-state index contributed by atoms with van der Waals surface area (Å²) in [5, 5.41) is 20.3. The van der Waals surface area contributed by atoms with Crippen molar-refractivity contribution >= 4 is 6.34 Å². The van der Waals surface area contributed by atoms with Gasteiger partial charge in [0.2, 0.25) is 6.23 Å². The van der Waals surface area contributed by atoms with Gasteiger partial charge in [0.1, 0.15) is 0 Å². The molecule has 9 heavy (non-hydrogen) atoms. The monoisotopic (exact) mass is 128 g/mol. The summed E-state index contributed by atoms with van der Waals surface area (Å²) in [5.74, 6) is -0.113. The fraction of sp³-hybridized carbons (Fsp3) is 0.400. The lowest BCUT2D eigenvalue weighted by molar-refractivity contribution is 0.155. The second kappa shape index (κ2) is 2.06. The molecule has 0 spiro atoms. The number of rotatable bonds is 0. The molecule has 1 heterocycles. The molecule has 50 valence electrons. The maximum atomic E-state index is 8.90. The minimum Gasteiger partial charge on any atom is -0.506 e. The summed E-state index contributed by atoms with van der Waals surface area (Å²) < 4.78 is 0. The smallest absolute Gasteiger partial charge is 0.206 e. The summed E-state index contributed by atoms with van der Waals surface area (Å²) in [5.41, 5.74) is 0.539. The van der Waals surface area contributed by atoms with Crippen LogP contribution in [0.1, 0.15) is 6.92 Å². The highest BCUT2D eigenvalue weighted by atomic mass is 16.3. The predicted molar refractivity (Wildman–Crippen MR) is 33.0 cm³/mol. The van der Waals surface area contributed by atoms with Gasteiger partial charge in [0.15, 0.2) is 5.76 Å². The van der Waals surface area contributed by atoms with Crippen molar-refractivity contribution in [1.82, 2.24) is 5.32 Å². The summed E-state index contributed by atoms with van der Waals surface area (Å²) in [6, 6.07) is 0. The third-order valence-corrected chi connectivity index (χ3v) is 1.13. The Labute approximate surface area is 52.5 Å². The average Bonchev–Trinajstić information content (AvgIpc) is 1.83. The van der Waals surface area contributed by atoms with Crippen LogP contribution in [0.5, 0.6) is 0 Å². The first-order chi connectivity index (χ1) is 4.22. The molecule has 4 heteroatoms. The molecule has 1 unspecified atom stereocenters. The van der Waals surface area contributed by atoms with Gasteiger partial charge in [0.05, 0.1) is 12.0 Å². The molecule has 1 aliphatic rings. The first-order valence-corrected chi connectivity index (χ1v) is 2.58. The number of allylic oxidation sites excluding steroid dienone is 1. The summed E-state index contributed by atoms with van der Waals surface area (Å²) in [6.45, 7) is 1.66. The van der Waals surface area contributed by atoms with Gasteiger partial charge < -0.3 is 15.5 Å². The Bertz CT molecular complexity index is 174. The van der Waals surface area contributed by atoms with E-state index in [0.29, 0.717) is 5.70 Å². The van der Waals surface area contributed by atoms with Crippen LogP contribution in [0, 0.1) is 0 Å². The Morgan fingerprint density at radius 1 is 1.78 bits per heavy atom. The summed E-state index contributed by atoms with van der Waals surface area (Å²) in [4.78, 5) is 3.47. The highest BCUT2D eigenvalue weighted by Crippen LogP contribution is 2.06. The molecule has 0 aromatic carbocycles. The Kier molecular flexibility index (Phi) is 1.40. The van der Waals surface area contributed by atoms with Crippen LogP contribution >= 0.6 is 0 Å². The number of nitrogens with one attached hydrogen (secondary N) is 1. The molecule has 0 aromatic rings. The molecule has 0 aliphatic carbocycles. The van der Waals surface area contributed by atoms with Crippen molar-refractivity contribution in [2.24, 2.45) is 4.99 Å². The van der Waals surface area contributed by atoms with Crippen molar-refractivity contribution in [3.63, 3.8) is 0 Å². The zero-order valence-corrected chi connectivity index (χ0v) is 5.00. The topological polar surface area (TPSA) is 64.8 Å². The number of aliphatic hydroxyl groups is 2. The van der Waals surface area contributed by atoms with Crippen molar-refractivity contribution in [3.8, 4) is 0 Å². The summed E-state index contributed by atoms with van der Waals surface area (Å²) in [6.07, 6.45) is 0.269. The van der Waals surface area contributed by atoms with Crippen molar-refractivity contribution in [2.75, 3.05) is 0 Å². The first-order valence-electron chi connectivity index (χ1n) is 2.58. The molecule has 1 atom stereocenters. The molecule has 0 saturated carbocycles. The van der Waals surface area contributed by atoms with Crippen LogP contribution in [0.2, 0.25) is 0 Å². The Hall–Kier alpha value is -1.03. The van der Waals surface area contributed by atoms with Crippen LogP contribution in [0.3, 0.4) is 0 Å². The van der Waals surface area contributed by atoms with Gasteiger partial charge in [-0.2, -0.15) is 0 Å². The van der Waals surface area contributed by atoms with Gasteiger partial charge in [-0.3, -0.25) is 0 Å². The van der Waals surface area contributed by atoms with Gasteiger partial charge in [0.25, 0.3) is 0 Å². The Morgan fingerprint density at radius 2 is 2.44 bits per heavy atom. The van der Waals surface area contributed by atoms with Crippen molar-refractivity contribution in [1.29, 1.82) is 0 Å². The lowest BCUT2D eigenvalue weighted by Gasteiger charge is -2.12. The minimum atomic E-state index is -1.08. The summed E-state index contributed by atoms with van der Waals surface area (Å²) in [7, 11) is 0. The lowest BCUT2D eigenvalue weighted by atomic mass is 10.3. The van der Waals surface area contributed by atoms with Crippen LogP contribution in [0.4, 0.5) is 0 Å². The Balaban J connectivity index is 2.79. The number of aliphatic imine (C=N–C) groups is 1. The van der Waals surface area contributed by atoms with Gasteiger partial charge in [-0.25, -0.2) is 4.99 Å². The molecular formula is C5H8N2O2. The van der Waals surface area contributed by atoms with Crippen LogP contribution in [-0.2, 0) is 0 Å². The van der Waals surface area contributed by atoms with Gasteiger partial charge in [-0.1, -0.05) is 0 Å². The molecule has 0 saturated heterocycles. The average molecular weight is 128 g/mol. The highest BCUT2D eigenvalue weighted by Gasteiger charge is 2.12. The number of nitrogens with zero attached hydrogens (tertiary/aromatic N) is 1. The third kappa shape index (κ3) is 1.02. The van der Waals surface area contributed by atoms with Crippen LogP contribution in [0.25, 0.3) is 0 Å². The van der Waals surface area contributed by atoms with Crippen molar-refractivity contribution < 1.29 is 10.2 Å². The number of aliphatic hydroxyl groups excluding tert-OH is 2. The molecule has 4 nitrogen and oxygen atoms in total. The van der Waals surface area contributed by atoms with E-state index in [0.717, 1.165) is 0 Å². The largest absolute Gasteiger partial charge is 0.506 e. The standard InChI is InChI=1S/C5H8N2O2/c1-3-4(8)5(9)7-2-6-3/h2,5,8-9H,1H3,(H,6,7). The van der Waals surface area contributed by atoms with E-state index >= 15 is 0 Å². The van der Waals surface area contributed by atoms with Gasteiger partial charge in [0, 0.05) is 0 Å². The Morgan fingerprint density at radius 3 is 2.89 bits per heavy atom. The molecular weight excluding hydrogens is 120 g/mol. The predicted octanol–water partition coefficient (Wildman–Crippen LogP) is -0.274. The number of hydrogen-bond acceptors (Lipinski definition) is 4. The molecule has 0 amide bonds. The van der Waals surface area contributed by atoms with E-state index < -0.39 is 6.23 Å². The first kappa shape index (κ1) is 6.10. The van der Waals surface area contributed by atoms with E-state index in [1.165, 1.54) is 6.34 Å². The van der Waals surface area contributed by atoms with E-state index in [9.17, 15) is 0 Å². The van der Waals surface area contributed by atoms with E-state index in [-0.39, 0.29) is 5.76 Å². The quantitative estimate of drug-likeness (QED) is 0.420. The van der Waals surface area contributed by atoms with Crippen LogP contribution in [0.15, 0.2) is 16.4 Å². The molecule has 1 rings (SSSR count). The summed E-state index contributed by atoms with van der Waals surface area (Å²) >= 11 is 0. The third-order valence-electron chi connectivity index (χ3n) is 1.13. The van der Waals surface area contributed by atoms with Crippen molar-refractivity contribution in [3.05, 3.63) is 11.5 Å². The van der Waals surface area contributed by atoms with E-state index in [1.54, 1.807) is 6.92 Å². The van der Waals surface area contributed by atoms with E-state index in [2.05, 4.69) is 10.3 Å². The van der Waals surface area contributed by atoms with Gasteiger partial charge in [-0.15, -0.1) is 0 Å². The number of hydrogen-bond donors (Lipinski definition) is 3. The second-order valence-corrected chi connectivity index (χ2v) is 1.81. The van der Waals surface area contributed by atoms with Crippen LogP contribution < -0.4 is 5.32 Å². The molecule has 0 fully saturated rings. The molecule has 0 radical (unpaired) electrons.